The first-order valence-corrected chi connectivity index (χ1v) is 8.76. The van der Waals surface area contributed by atoms with E-state index in [4.69, 9.17) is 0 Å². The van der Waals surface area contributed by atoms with Crippen LogP contribution < -0.4 is 10.2 Å². The van der Waals surface area contributed by atoms with Gasteiger partial charge in [0.05, 0.1) is 25.4 Å². The Morgan fingerprint density at radius 3 is 2.58 bits per heavy atom. The third-order valence-electron chi connectivity index (χ3n) is 4.03. The molecular formula is C18H25N4O4+. The van der Waals surface area contributed by atoms with Crippen LogP contribution in [0.15, 0.2) is 35.4 Å². The van der Waals surface area contributed by atoms with Crippen molar-refractivity contribution in [1.82, 2.24) is 10.3 Å². The number of hydrogen-bond donors (Lipinski definition) is 2. The summed E-state index contributed by atoms with van der Waals surface area (Å²) in [7, 11) is 0. The minimum atomic E-state index is -0.768. The van der Waals surface area contributed by atoms with Crippen LogP contribution >= 0.6 is 0 Å². The van der Waals surface area contributed by atoms with Crippen molar-refractivity contribution in [3.8, 4) is 0 Å². The van der Waals surface area contributed by atoms with Gasteiger partial charge in [-0.15, -0.1) is 0 Å². The highest BCUT2D eigenvalue weighted by Gasteiger charge is 2.26. The molecule has 1 atom stereocenters. The fourth-order valence-electron chi connectivity index (χ4n) is 2.64. The fraction of sp³-hybridized carbons (Fsp3) is 0.444. The smallest absolute Gasteiger partial charge is 0.414 e. The van der Waals surface area contributed by atoms with Crippen LogP contribution in [0.4, 0.5) is 4.79 Å². The summed E-state index contributed by atoms with van der Waals surface area (Å²) in [6.07, 6.45) is -0.0588. The van der Waals surface area contributed by atoms with E-state index in [-0.39, 0.29) is 25.6 Å². The molecule has 26 heavy (non-hydrogen) atoms. The van der Waals surface area contributed by atoms with E-state index in [0.717, 1.165) is 16.2 Å². The third-order valence-corrected chi connectivity index (χ3v) is 4.03. The number of carbonyl (C=O) groups excluding carboxylic acids is 3. The quantitative estimate of drug-likeness (QED) is 0.704. The van der Waals surface area contributed by atoms with Gasteiger partial charge in [-0.3, -0.25) is 14.9 Å². The number of imide groups is 1. The maximum Gasteiger partial charge on any atom is 0.414 e. The number of hydrogen-bond acceptors (Lipinski definition) is 5. The number of benzene rings is 1. The highest BCUT2D eigenvalue weighted by atomic mass is 16.5. The summed E-state index contributed by atoms with van der Waals surface area (Å²) in [4.78, 5) is 36.3. The van der Waals surface area contributed by atoms with Gasteiger partial charge < -0.3 is 9.64 Å². The molecule has 0 spiro atoms. The summed E-state index contributed by atoms with van der Waals surface area (Å²) in [6.45, 7) is 5.00. The number of nitrogens with zero attached hydrogens (tertiary/aromatic N) is 2. The lowest BCUT2D eigenvalue weighted by molar-refractivity contribution is -0.882. The lowest BCUT2D eigenvalue weighted by Crippen LogP contribution is -3.14. The minimum absolute atomic E-state index is 0.0180. The molecule has 1 aliphatic heterocycles. The third kappa shape index (κ3) is 5.66. The van der Waals surface area contributed by atoms with Crippen molar-refractivity contribution in [1.29, 1.82) is 0 Å². The second-order valence-corrected chi connectivity index (χ2v) is 5.91. The largest absolute Gasteiger partial charge is 0.450 e. The zero-order valence-electron chi connectivity index (χ0n) is 15.2. The van der Waals surface area contributed by atoms with Crippen LogP contribution in [0.5, 0.6) is 0 Å². The van der Waals surface area contributed by atoms with Crippen LogP contribution in [0.25, 0.3) is 0 Å². The van der Waals surface area contributed by atoms with Crippen LogP contribution in [0, 0.1) is 0 Å². The highest BCUT2D eigenvalue weighted by molar-refractivity contribution is 6.02. The monoisotopic (exact) mass is 361 g/mol. The SMILES string of the molecule is CCOC(=O)NC(=O)C[NH+](CC)CC(=O)N1CCC(c2ccccc2)=N1. The maximum absolute atomic E-state index is 12.5. The van der Waals surface area contributed by atoms with Gasteiger partial charge in [0.1, 0.15) is 0 Å². The number of amides is 3. The molecule has 0 fully saturated rings. The number of alkyl carbamates (subject to hydrolysis) is 1. The van der Waals surface area contributed by atoms with Gasteiger partial charge in [-0.25, -0.2) is 9.80 Å². The number of hydrazone groups is 1. The Kier molecular flexibility index (Phi) is 7.28. The van der Waals surface area contributed by atoms with Crippen molar-refractivity contribution in [3.63, 3.8) is 0 Å². The van der Waals surface area contributed by atoms with E-state index >= 15 is 0 Å². The molecule has 8 heteroatoms. The Labute approximate surface area is 152 Å². The van der Waals surface area contributed by atoms with E-state index in [1.54, 1.807) is 6.92 Å². The molecule has 0 radical (unpaired) electrons. The molecule has 1 heterocycles. The van der Waals surface area contributed by atoms with Crippen LogP contribution in [-0.2, 0) is 14.3 Å². The van der Waals surface area contributed by atoms with Crippen molar-refractivity contribution in [2.45, 2.75) is 20.3 Å². The van der Waals surface area contributed by atoms with Gasteiger partial charge >= 0.3 is 6.09 Å². The first-order valence-electron chi connectivity index (χ1n) is 8.76. The molecule has 2 rings (SSSR count). The Bertz CT molecular complexity index is 675. The average Bonchev–Trinajstić information content (AvgIpc) is 3.12. The van der Waals surface area contributed by atoms with Crippen molar-refractivity contribution >= 4 is 23.6 Å². The topological polar surface area (TPSA) is 92.5 Å². The zero-order valence-corrected chi connectivity index (χ0v) is 15.2. The lowest BCUT2D eigenvalue weighted by Gasteiger charge is -2.18. The fourth-order valence-corrected chi connectivity index (χ4v) is 2.64. The van der Waals surface area contributed by atoms with Crippen LogP contribution in [0.2, 0.25) is 0 Å². The second kappa shape index (κ2) is 9.67. The summed E-state index contributed by atoms with van der Waals surface area (Å²) in [5, 5.41) is 8.01. The number of quaternary nitrogens is 1. The van der Waals surface area contributed by atoms with Crippen LogP contribution in [0.1, 0.15) is 25.8 Å². The molecule has 1 aliphatic rings. The van der Waals surface area contributed by atoms with Gasteiger partial charge in [0.2, 0.25) is 0 Å². The van der Waals surface area contributed by atoms with Crippen LogP contribution in [-0.4, -0.2) is 61.4 Å². The highest BCUT2D eigenvalue weighted by Crippen LogP contribution is 2.13. The average molecular weight is 361 g/mol. The van der Waals surface area contributed by atoms with E-state index in [1.807, 2.05) is 37.3 Å². The Balaban J connectivity index is 1.88. The zero-order chi connectivity index (χ0) is 18.9. The number of likely N-dealkylation sites (N-methyl/N-ethyl adjacent to an activating group) is 1. The van der Waals surface area contributed by atoms with Gasteiger partial charge in [0.15, 0.2) is 13.1 Å². The molecule has 0 aliphatic carbocycles. The van der Waals surface area contributed by atoms with Crippen molar-refractivity contribution < 1.29 is 24.0 Å². The van der Waals surface area contributed by atoms with Gasteiger partial charge in [-0.1, -0.05) is 30.3 Å². The van der Waals surface area contributed by atoms with Crippen LogP contribution in [0.3, 0.4) is 0 Å². The maximum atomic E-state index is 12.5. The molecule has 1 aromatic carbocycles. The molecular weight excluding hydrogens is 336 g/mol. The molecule has 0 aromatic heterocycles. The number of ether oxygens (including phenoxy) is 1. The van der Waals surface area contributed by atoms with Gasteiger partial charge in [-0.05, 0) is 19.4 Å². The Morgan fingerprint density at radius 1 is 1.19 bits per heavy atom. The molecule has 1 unspecified atom stereocenters. The molecule has 2 N–H and O–H groups in total. The Hall–Kier alpha value is -2.74. The van der Waals surface area contributed by atoms with Crippen molar-refractivity contribution in [2.24, 2.45) is 5.10 Å². The summed E-state index contributed by atoms with van der Waals surface area (Å²) >= 11 is 0. The van der Waals surface area contributed by atoms with Crippen molar-refractivity contribution in [2.75, 3.05) is 32.8 Å². The minimum Gasteiger partial charge on any atom is -0.450 e. The van der Waals surface area contributed by atoms with E-state index in [9.17, 15) is 14.4 Å². The number of rotatable bonds is 7. The molecule has 1 aromatic rings. The summed E-state index contributed by atoms with van der Waals surface area (Å²) in [5.74, 6) is -0.611. The molecule has 8 nitrogen and oxygen atoms in total. The van der Waals surface area contributed by atoms with E-state index in [1.165, 1.54) is 5.01 Å². The molecule has 140 valence electrons. The lowest BCUT2D eigenvalue weighted by atomic mass is 10.1. The van der Waals surface area contributed by atoms with E-state index in [0.29, 0.717) is 19.5 Å². The first-order chi connectivity index (χ1) is 12.5. The summed E-state index contributed by atoms with van der Waals surface area (Å²) < 4.78 is 4.67. The van der Waals surface area contributed by atoms with Gasteiger partial charge in [-0.2, -0.15) is 5.10 Å². The number of nitrogens with one attached hydrogen (secondary N) is 2. The second-order valence-electron chi connectivity index (χ2n) is 5.91. The summed E-state index contributed by atoms with van der Waals surface area (Å²) in [5.41, 5.74) is 1.90. The Morgan fingerprint density at radius 2 is 1.92 bits per heavy atom. The van der Waals surface area contributed by atoms with Crippen molar-refractivity contribution in [3.05, 3.63) is 35.9 Å². The van der Waals surface area contributed by atoms with E-state index in [2.05, 4.69) is 15.2 Å². The molecule has 0 bridgehead atoms. The summed E-state index contributed by atoms with van der Waals surface area (Å²) in [6, 6.07) is 9.75. The molecule has 3 amide bonds. The predicted molar refractivity (Wildman–Crippen MR) is 95.7 cm³/mol. The van der Waals surface area contributed by atoms with Gasteiger partial charge in [0.25, 0.3) is 11.8 Å². The molecule has 0 saturated heterocycles. The number of carbonyl (C=O) groups is 3. The van der Waals surface area contributed by atoms with Gasteiger partial charge in [0, 0.05) is 6.42 Å². The van der Waals surface area contributed by atoms with E-state index < -0.39 is 12.0 Å². The first kappa shape index (κ1) is 19.6. The standard InChI is InChI=1S/C18H24N4O4/c1-3-21(12-16(23)19-18(25)26-4-2)13-17(24)22-11-10-15(20-22)14-8-6-5-7-9-14/h5-9H,3-4,10-13H2,1-2H3,(H,19,23,25)/p+1. The molecule has 0 saturated carbocycles. The normalized spacial score (nSPS) is 14.5. The predicted octanol–water partition coefficient (Wildman–Crippen LogP) is -0.199.